The summed E-state index contributed by atoms with van der Waals surface area (Å²) in [5.74, 6) is 0. The molecule has 0 fully saturated rings. The maximum Gasteiger partial charge on any atom is 0.136 e. The average Bonchev–Trinajstić information content (AvgIpc) is 2.30. The zero-order valence-electron chi connectivity index (χ0n) is 7.93. The second-order valence-electron chi connectivity index (χ2n) is 3.14. The van der Waals surface area contributed by atoms with Crippen molar-refractivity contribution in [3.8, 4) is 0 Å². The lowest BCUT2D eigenvalue weighted by Gasteiger charge is -2.18. The van der Waals surface area contributed by atoms with Crippen LogP contribution in [0, 0.1) is 4.91 Å². The number of benzene rings is 1. The van der Waals surface area contributed by atoms with Crippen LogP contribution in [0.5, 0.6) is 0 Å². The molecule has 0 atom stereocenters. The van der Waals surface area contributed by atoms with Crippen LogP contribution in [0.4, 0.5) is 0 Å². The molecule has 1 aliphatic rings. The fourth-order valence-electron chi connectivity index (χ4n) is 1.46. The van der Waals surface area contributed by atoms with E-state index in [9.17, 15) is 4.91 Å². The van der Waals surface area contributed by atoms with Gasteiger partial charge in [-0.25, -0.2) is 5.01 Å². The zero-order chi connectivity index (χ0) is 10.7. The molecule has 1 aromatic carbocycles. The molecule has 0 unspecified atom stereocenters. The number of halogens is 1. The minimum atomic E-state index is 0.374. The molecule has 0 N–H and O–H groups in total. The van der Waals surface area contributed by atoms with Gasteiger partial charge in [0, 0.05) is 5.57 Å². The van der Waals surface area contributed by atoms with Crippen LogP contribution in [0.15, 0.2) is 52.9 Å². The lowest BCUT2D eigenvalue weighted by molar-refractivity contribution is 0.422. The molecule has 0 aromatic heterocycles. The SMILES string of the molecule is O=NN1CC=CC(c2ccccc2)=C1Cl. The van der Waals surface area contributed by atoms with Crippen LogP contribution in [-0.2, 0) is 0 Å². The van der Waals surface area contributed by atoms with Crippen LogP contribution in [0.25, 0.3) is 5.57 Å². The minimum Gasteiger partial charge on any atom is -0.213 e. The highest BCUT2D eigenvalue weighted by Crippen LogP contribution is 2.28. The van der Waals surface area contributed by atoms with Gasteiger partial charge in [-0.3, -0.25) is 0 Å². The molecular formula is C11H9ClN2O. The second kappa shape index (κ2) is 4.28. The normalized spacial score (nSPS) is 15.7. The number of nitrogens with zero attached hydrogens (tertiary/aromatic N) is 2. The lowest BCUT2D eigenvalue weighted by Crippen LogP contribution is -2.16. The first-order valence-electron chi connectivity index (χ1n) is 4.55. The van der Waals surface area contributed by atoms with Crippen molar-refractivity contribution in [2.45, 2.75) is 0 Å². The Kier molecular flexibility index (Phi) is 2.83. The van der Waals surface area contributed by atoms with Crippen LogP contribution < -0.4 is 0 Å². The fraction of sp³-hybridized carbons (Fsp3) is 0.0909. The van der Waals surface area contributed by atoms with Gasteiger partial charge in [0.25, 0.3) is 0 Å². The molecule has 0 bridgehead atoms. The summed E-state index contributed by atoms with van der Waals surface area (Å²) in [5, 5.41) is 4.45. The van der Waals surface area contributed by atoms with Crippen LogP contribution >= 0.6 is 11.6 Å². The molecule has 2 rings (SSSR count). The average molecular weight is 221 g/mol. The third kappa shape index (κ3) is 1.92. The molecule has 0 amide bonds. The largest absolute Gasteiger partial charge is 0.213 e. The van der Waals surface area contributed by atoms with Gasteiger partial charge in [-0.05, 0) is 5.56 Å². The summed E-state index contributed by atoms with van der Waals surface area (Å²) in [6, 6.07) is 9.66. The zero-order valence-corrected chi connectivity index (χ0v) is 8.69. The summed E-state index contributed by atoms with van der Waals surface area (Å²) in [4.78, 5) is 10.5. The van der Waals surface area contributed by atoms with E-state index >= 15 is 0 Å². The number of hydrogen-bond acceptors (Lipinski definition) is 2. The summed E-state index contributed by atoms with van der Waals surface area (Å²) in [7, 11) is 0. The first-order valence-corrected chi connectivity index (χ1v) is 4.93. The van der Waals surface area contributed by atoms with E-state index < -0.39 is 0 Å². The molecule has 0 saturated carbocycles. The van der Waals surface area contributed by atoms with Crippen molar-refractivity contribution in [2.24, 2.45) is 5.29 Å². The van der Waals surface area contributed by atoms with Crippen molar-refractivity contribution in [2.75, 3.05) is 6.54 Å². The summed E-state index contributed by atoms with van der Waals surface area (Å²) in [5.41, 5.74) is 1.80. The van der Waals surface area contributed by atoms with E-state index in [0.29, 0.717) is 11.7 Å². The van der Waals surface area contributed by atoms with Crippen LogP contribution in [-0.4, -0.2) is 11.6 Å². The van der Waals surface area contributed by atoms with Crippen molar-refractivity contribution in [3.05, 3.63) is 58.1 Å². The summed E-state index contributed by atoms with van der Waals surface area (Å²) < 4.78 is 0. The van der Waals surface area contributed by atoms with E-state index in [4.69, 9.17) is 11.6 Å². The summed E-state index contributed by atoms with van der Waals surface area (Å²) >= 11 is 6.04. The molecule has 1 heterocycles. The number of nitroso groups, excluding NO2 is 1. The lowest BCUT2D eigenvalue weighted by atomic mass is 10.1. The topological polar surface area (TPSA) is 32.7 Å². The predicted octanol–water partition coefficient (Wildman–Crippen LogP) is 3.15. The molecule has 1 aliphatic heterocycles. The van der Waals surface area contributed by atoms with E-state index in [0.717, 1.165) is 11.1 Å². The maximum absolute atomic E-state index is 10.5. The van der Waals surface area contributed by atoms with E-state index in [1.54, 1.807) is 0 Å². The number of allylic oxidation sites excluding steroid dienone is 2. The van der Waals surface area contributed by atoms with E-state index in [1.165, 1.54) is 5.01 Å². The van der Waals surface area contributed by atoms with Gasteiger partial charge in [0.05, 0.1) is 11.8 Å². The van der Waals surface area contributed by atoms with E-state index in [2.05, 4.69) is 5.29 Å². The second-order valence-corrected chi connectivity index (χ2v) is 3.49. The minimum absolute atomic E-state index is 0.374. The molecule has 15 heavy (non-hydrogen) atoms. The van der Waals surface area contributed by atoms with E-state index in [1.807, 2.05) is 42.5 Å². The Bertz CT molecular complexity index is 425. The Balaban J connectivity index is 2.44. The highest BCUT2D eigenvalue weighted by molar-refractivity contribution is 6.32. The van der Waals surface area contributed by atoms with Gasteiger partial charge in [-0.15, -0.1) is 4.91 Å². The van der Waals surface area contributed by atoms with Crippen molar-refractivity contribution < 1.29 is 0 Å². The molecule has 0 aliphatic carbocycles. The van der Waals surface area contributed by atoms with Crippen molar-refractivity contribution >= 4 is 17.2 Å². The van der Waals surface area contributed by atoms with Gasteiger partial charge < -0.3 is 0 Å². The number of hydrogen-bond donors (Lipinski definition) is 0. The van der Waals surface area contributed by atoms with Gasteiger partial charge >= 0.3 is 0 Å². The van der Waals surface area contributed by atoms with Crippen LogP contribution in [0.3, 0.4) is 0 Å². The fourth-order valence-corrected chi connectivity index (χ4v) is 1.73. The quantitative estimate of drug-likeness (QED) is 0.567. The van der Waals surface area contributed by atoms with Gasteiger partial charge in [0.15, 0.2) is 0 Å². The van der Waals surface area contributed by atoms with Crippen molar-refractivity contribution in [3.63, 3.8) is 0 Å². The molecule has 4 heteroatoms. The first-order chi connectivity index (χ1) is 7.33. The predicted molar refractivity (Wildman–Crippen MR) is 60.9 cm³/mol. The summed E-state index contributed by atoms with van der Waals surface area (Å²) in [6.07, 6.45) is 3.76. The van der Waals surface area contributed by atoms with Crippen LogP contribution in [0.2, 0.25) is 0 Å². The molecule has 3 nitrogen and oxygen atoms in total. The first kappa shape index (κ1) is 9.93. The number of rotatable bonds is 2. The van der Waals surface area contributed by atoms with Gasteiger partial charge in [-0.1, -0.05) is 54.1 Å². The molecule has 0 radical (unpaired) electrons. The highest BCUT2D eigenvalue weighted by Gasteiger charge is 2.15. The highest BCUT2D eigenvalue weighted by atomic mass is 35.5. The Morgan fingerprint density at radius 1 is 1.27 bits per heavy atom. The molecule has 1 aromatic rings. The third-order valence-electron chi connectivity index (χ3n) is 2.20. The van der Waals surface area contributed by atoms with Gasteiger partial charge in [-0.2, -0.15) is 0 Å². The Labute approximate surface area is 92.6 Å². The smallest absolute Gasteiger partial charge is 0.136 e. The Morgan fingerprint density at radius 3 is 2.67 bits per heavy atom. The molecular weight excluding hydrogens is 212 g/mol. The molecule has 0 saturated heterocycles. The maximum atomic E-state index is 10.5. The summed E-state index contributed by atoms with van der Waals surface area (Å²) in [6.45, 7) is 0.429. The van der Waals surface area contributed by atoms with E-state index in [-0.39, 0.29) is 0 Å². The van der Waals surface area contributed by atoms with Crippen LogP contribution in [0.1, 0.15) is 5.56 Å². The monoisotopic (exact) mass is 220 g/mol. The van der Waals surface area contributed by atoms with Gasteiger partial charge in [0.1, 0.15) is 5.16 Å². The third-order valence-corrected chi connectivity index (χ3v) is 2.59. The standard InChI is InChI=1S/C11H9ClN2O/c12-11-10(7-4-8-14(11)13-15)9-5-2-1-3-6-9/h1-7H,8H2. The molecule has 76 valence electrons. The Hall–Kier alpha value is -1.61. The van der Waals surface area contributed by atoms with Crippen molar-refractivity contribution in [1.82, 2.24) is 5.01 Å². The van der Waals surface area contributed by atoms with Crippen molar-refractivity contribution in [1.29, 1.82) is 0 Å². The Morgan fingerprint density at radius 2 is 2.00 bits per heavy atom. The van der Waals surface area contributed by atoms with Gasteiger partial charge in [0.2, 0.25) is 0 Å². The molecule has 0 spiro atoms.